The van der Waals surface area contributed by atoms with E-state index in [0.717, 1.165) is 60.9 Å². The molecule has 0 radical (unpaired) electrons. The van der Waals surface area contributed by atoms with Crippen molar-refractivity contribution in [3.63, 3.8) is 0 Å². The van der Waals surface area contributed by atoms with Gasteiger partial charge in [0, 0.05) is 44.0 Å². The van der Waals surface area contributed by atoms with Crippen LogP contribution in [0.15, 0.2) is 206 Å². The van der Waals surface area contributed by atoms with Crippen LogP contribution in [-0.4, -0.2) is 19.9 Å². The summed E-state index contributed by atoms with van der Waals surface area (Å²) in [6.07, 6.45) is 0. The monoisotopic (exact) mass is 714 g/mol. The van der Waals surface area contributed by atoms with Gasteiger partial charge in [0.1, 0.15) is 0 Å². The zero-order valence-electron chi connectivity index (χ0n) is 30.4. The first kappa shape index (κ1) is 33.0. The van der Waals surface area contributed by atoms with Gasteiger partial charge in [0.25, 0.3) is 0 Å². The van der Waals surface area contributed by atoms with Crippen molar-refractivity contribution in [2.45, 2.75) is 0 Å². The molecule has 0 saturated carbocycles. The molecule has 0 spiro atoms. The van der Waals surface area contributed by atoms with E-state index in [9.17, 15) is 0 Å². The van der Waals surface area contributed by atoms with Crippen molar-refractivity contribution < 1.29 is 0 Å². The minimum absolute atomic E-state index is 0.609. The molecule has 0 aliphatic carbocycles. The molecule has 56 heavy (non-hydrogen) atoms. The summed E-state index contributed by atoms with van der Waals surface area (Å²) < 4.78 is 0. The Morgan fingerprint density at radius 2 is 0.679 bits per heavy atom. The van der Waals surface area contributed by atoms with Crippen LogP contribution in [-0.2, 0) is 0 Å². The predicted octanol–water partition coefficient (Wildman–Crippen LogP) is 13.2. The van der Waals surface area contributed by atoms with Crippen LogP contribution in [0.5, 0.6) is 0 Å². The van der Waals surface area contributed by atoms with Gasteiger partial charge in [-0.05, 0) is 33.9 Å². The highest BCUT2D eigenvalue weighted by molar-refractivity contribution is 6.19. The largest absolute Gasteiger partial charge is 0.246 e. The Hall–Kier alpha value is -7.56. The molecule has 0 atom stereocenters. The number of aromatic nitrogens is 4. The normalized spacial score (nSPS) is 11.2. The molecule has 10 aromatic rings. The molecule has 0 unspecified atom stereocenters. The van der Waals surface area contributed by atoms with Crippen molar-refractivity contribution in [1.82, 2.24) is 19.9 Å². The fourth-order valence-electron chi connectivity index (χ4n) is 7.60. The zero-order chi connectivity index (χ0) is 37.3. The topological polar surface area (TPSA) is 51.6 Å². The second kappa shape index (κ2) is 14.3. The molecule has 0 N–H and O–H groups in total. The summed E-state index contributed by atoms with van der Waals surface area (Å²) in [5.41, 5.74) is 12.5. The molecule has 2 aromatic heterocycles. The summed E-state index contributed by atoms with van der Waals surface area (Å²) in [6, 6.07) is 71.6. The van der Waals surface area contributed by atoms with E-state index in [1.54, 1.807) is 0 Å². The van der Waals surface area contributed by atoms with E-state index in [-0.39, 0.29) is 0 Å². The number of rotatable bonds is 7. The number of nitrogens with zero attached hydrogens (tertiary/aromatic N) is 4. The molecule has 0 bridgehead atoms. The summed E-state index contributed by atoms with van der Waals surface area (Å²) in [5, 5.41) is 3.42. The molecule has 0 fully saturated rings. The van der Waals surface area contributed by atoms with Crippen molar-refractivity contribution in [2.24, 2.45) is 0 Å². The Labute approximate surface area is 325 Å². The lowest BCUT2D eigenvalue weighted by atomic mass is 9.91. The molecule has 0 aliphatic rings. The van der Waals surface area contributed by atoms with Gasteiger partial charge in [0.15, 0.2) is 17.5 Å². The van der Waals surface area contributed by atoms with Gasteiger partial charge in [0.2, 0.25) is 0 Å². The second-order valence-corrected chi connectivity index (χ2v) is 13.8. The highest BCUT2D eigenvalue weighted by atomic mass is 15.0. The summed E-state index contributed by atoms with van der Waals surface area (Å²) in [6.45, 7) is 0. The molecular weight excluding hydrogens is 681 g/mol. The van der Waals surface area contributed by atoms with Crippen LogP contribution in [0.4, 0.5) is 0 Å². The minimum Gasteiger partial charge on any atom is -0.246 e. The van der Waals surface area contributed by atoms with Crippen molar-refractivity contribution in [3.05, 3.63) is 206 Å². The van der Waals surface area contributed by atoms with Gasteiger partial charge < -0.3 is 0 Å². The fraction of sp³-hybridized carbons (Fsp3) is 0. The van der Waals surface area contributed by atoms with E-state index in [4.69, 9.17) is 19.9 Å². The Morgan fingerprint density at radius 1 is 0.250 bits per heavy atom. The van der Waals surface area contributed by atoms with Crippen LogP contribution in [0.2, 0.25) is 0 Å². The average Bonchev–Trinajstić information content (AvgIpc) is 3.29. The van der Waals surface area contributed by atoms with Crippen LogP contribution in [0, 0.1) is 0 Å². The van der Waals surface area contributed by atoms with E-state index in [1.807, 2.05) is 36.4 Å². The van der Waals surface area contributed by atoms with E-state index < -0.39 is 0 Å². The second-order valence-electron chi connectivity index (χ2n) is 13.8. The molecule has 2 heterocycles. The number of para-hydroxylation sites is 1. The van der Waals surface area contributed by atoms with Crippen molar-refractivity contribution in [3.8, 4) is 78.8 Å². The van der Waals surface area contributed by atoms with E-state index in [1.165, 1.54) is 22.1 Å². The summed E-state index contributed by atoms with van der Waals surface area (Å²) in [5.74, 6) is 1.86. The van der Waals surface area contributed by atoms with Gasteiger partial charge in [-0.25, -0.2) is 19.9 Å². The third kappa shape index (κ3) is 6.19. The van der Waals surface area contributed by atoms with Gasteiger partial charge in [-0.2, -0.15) is 0 Å². The Balaban J connectivity index is 1.15. The zero-order valence-corrected chi connectivity index (χ0v) is 30.4. The van der Waals surface area contributed by atoms with Gasteiger partial charge in [-0.15, -0.1) is 0 Å². The van der Waals surface area contributed by atoms with Crippen LogP contribution in [0.1, 0.15) is 0 Å². The van der Waals surface area contributed by atoms with Gasteiger partial charge >= 0.3 is 0 Å². The lowest BCUT2D eigenvalue weighted by Gasteiger charge is -2.16. The molecule has 4 nitrogen and oxygen atoms in total. The number of hydrogen-bond acceptors (Lipinski definition) is 4. The number of hydrogen-bond donors (Lipinski definition) is 0. The van der Waals surface area contributed by atoms with Crippen LogP contribution in [0.3, 0.4) is 0 Å². The standard InChI is InChI=1S/C52H34N4/c1-5-16-35(17-6-1)36-30-32-40(33-31-36)51-54-50(39-22-11-4-12-23-39)55-52(56-51)42-25-13-24-41(34-42)44-27-15-29-46-47-43(37-18-7-2-8-19-37)26-14-28-45(47)48(53-49(44)46)38-20-9-3-10-21-38/h1-34H. The molecule has 0 amide bonds. The SMILES string of the molecule is c1ccc(-c2ccc(-c3nc(-c4ccccc4)nc(-c4cccc(-c5cccc6c5nc(-c5ccccc5)c5cccc(-c7ccccc7)c56)c4)n3)cc2)cc1. The molecule has 4 heteroatoms. The third-order valence-electron chi connectivity index (χ3n) is 10.3. The Morgan fingerprint density at radius 3 is 1.32 bits per heavy atom. The van der Waals surface area contributed by atoms with E-state index >= 15 is 0 Å². The Bertz CT molecular complexity index is 2980. The van der Waals surface area contributed by atoms with Crippen LogP contribution in [0.25, 0.3) is 100 Å². The first-order chi connectivity index (χ1) is 27.8. The molecular formula is C52H34N4. The maximum Gasteiger partial charge on any atom is 0.164 e. The maximum absolute atomic E-state index is 5.48. The molecule has 0 aliphatic heterocycles. The number of pyridine rings is 1. The number of fused-ring (bicyclic) bond motifs is 3. The fourth-order valence-corrected chi connectivity index (χ4v) is 7.60. The van der Waals surface area contributed by atoms with Crippen molar-refractivity contribution in [1.29, 1.82) is 0 Å². The lowest BCUT2D eigenvalue weighted by molar-refractivity contribution is 1.07. The van der Waals surface area contributed by atoms with Crippen molar-refractivity contribution >= 4 is 21.7 Å². The predicted molar refractivity (Wildman–Crippen MR) is 231 cm³/mol. The smallest absolute Gasteiger partial charge is 0.164 e. The molecule has 0 saturated heterocycles. The van der Waals surface area contributed by atoms with Gasteiger partial charge in [-0.1, -0.05) is 200 Å². The molecule has 262 valence electrons. The quantitative estimate of drug-likeness (QED) is 0.154. The summed E-state index contributed by atoms with van der Waals surface area (Å²) in [4.78, 5) is 20.6. The highest BCUT2D eigenvalue weighted by Gasteiger charge is 2.18. The highest BCUT2D eigenvalue weighted by Crippen LogP contribution is 2.41. The van der Waals surface area contributed by atoms with E-state index in [0.29, 0.717) is 17.5 Å². The number of benzene rings is 8. The maximum atomic E-state index is 5.48. The van der Waals surface area contributed by atoms with E-state index in [2.05, 4.69) is 170 Å². The summed E-state index contributed by atoms with van der Waals surface area (Å²) in [7, 11) is 0. The first-order valence-corrected chi connectivity index (χ1v) is 18.8. The molecule has 10 rings (SSSR count). The van der Waals surface area contributed by atoms with Gasteiger partial charge in [-0.3, -0.25) is 0 Å². The van der Waals surface area contributed by atoms with Crippen molar-refractivity contribution in [2.75, 3.05) is 0 Å². The third-order valence-corrected chi connectivity index (χ3v) is 10.3. The molecule has 8 aromatic carbocycles. The van der Waals surface area contributed by atoms with Crippen LogP contribution >= 0.6 is 0 Å². The average molecular weight is 715 g/mol. The first-order valence-electron chi connectivity index (χ1n) is 18.8. The lowest BCUT2D eigenvalue weighted by Crippen LogP contribution is -2.00. The minimum atomic E-state index is 0.609. The summed E-state index contributed by atoms with van der Waals surface area (Å²) >= 11 is 0. The van der Waals surface area contributed by atoms with Gasteiger partial charge in [0.05, 0.1) is 11.2 Å². The Kier molecular flexibility index (Phi) is 8.47. The van der Waals surface area contributed by atoms with Crippen LogP contribution < -0.4 is 0 Å².